The van der Waals surface area contributed by atoms with Crippen molar-refractivity contribution in [3.8, 4) is 11.1 Å². The molecule has 3 aromatic carbocycles. The number of hydrogen-bond donors (Lipinski definition) is 3. The molecule has 2 unspecified atom stereocenters. The molecule has 0 radical (unpaired) electrons. The van der Waals surface area contributed by atoms with Gasteiger partial charge in [-0.1, -0.05) is 65.9 Å². The summed E-state index contributed by atoms with van der Waals surface area (Å²) in [5.41, 5.74) is 17.9. The van der Waals surface area contributed by atoms with Crippen molar-refractivity contribution in [2.75, 3.05) is 5.73 Å². The molecule has 2 atom stereocenters. The van der Waals surface area contributed by atoms with Crippen molar-refractivity contribution < 1.29 is 4.79 Å². The summed E-state index contributed by atoms with van der Waals surface area (Å²) in [4.78, 5) is 12.0. The summed E-state index contributed by atoms with van der Waals surface area (Å²) < 4.78 is 1.90. The van der Waals surface area contributed by atoms with Crippen LogP contribution in [0.25, 0.3) is 11.1 Å². The Balaban J connectivity index is 1.15. The average Bonchev–Trinajstić information content (AvgIpc) is 3.52. The number of carbonyl (C=O) groups excluding carboxylic acids is 1. The molecule has 178 valence electrons. The summed E-state index contributed by atoms with van der Waals surface area (Å²) in [5.74, 6) is 0.142. The van der Waals surface area contributed by atoms with Crippen molar-refractivity contribution in [1.82, 2.24) is 20.3 Å². The predicted octanol–water partition coefficient (Wildman–Crippen LogP) is 3.90. The largest absolute Gasteiger partial charge is 0.398 e. The minimum absolute atomic E-state index is 0.458. The number of aryl methyl sites for hydroxylation is 2. The second kappa shape index (κ2) is 10.1. The molecule has 0 spiro atoms. The summed E-state index contributed by atoms with van der Waals surface area (Å²) in [5, 5.41) is 12.2. The maximum atomic E-state index is 12.0. The van der Waals surface area contributed by atoms with E-state index < -0.39 is 5.91 Å². The zero-order valence-corrected chi connectivity index (χ0v) is 19.6. The van der Waals surface area contributed by atoms with E-state index in [0.717, 1.165) is 48.3 Å². The molecule has 1 amide bonds. The lowest BCUT2D eigenvalue weighted by Gasteiger charge is -2.12. The molecule has 1 aliphatic rings. The number of aromatic nitrogens is 3. The van der Waals surface area contributed by atoms with Gasteiger partial charge in [0, 0.05) is 48.1 Å². The van der Waals surface area contributed by atoms with Crippen molar-refractivity contribution >= 4 is 11.6 Å². The van der Waals surface area contributed by atoms with Gasteiger partial charge in [0.1, 0.15) is 0 Å². The second-order valence-corrected chi connectivity index (χ2v) is 9.15. The van der Waals surface area contributed by atoms with E-state index >= 15 is 0 Å². The van der Waals surface area contributed by atoms with Gasteiger partial charge in [-0.2, -0.15) is 0 Å². The van der Waals surface area contributed by atoms with E-state index in [2.05, 4.69) is 46.0 Å². The van der Waals surface area contributed by atoms with Gasteiger partial charge in [-0.05, 0) is 48.1 Å². The van der Waals surface area contributed by atoms with Crippen LogP contribution in [-0.4, -0.2) is 26.9 Å². The molecule has 1 heterocycles. The molecule has 0 bridgehead atoms. The molecule has 7 nitrogen and oxygen atoms in total. The molecule has 0 saturated heterocycles. The lowest BCUT2D eigenvalue weighted by molar-refractivity contribution is 0.100. The average molecular weight is 467 g/mol. The highest BCUT2D eigenvalue weighted by Crippen LogP contribution is 2.40. The molecule has 1 aromatic heterocycles. The fourth-order valence-corrected chi connectivity index (χ4v) is 4.63. The van der Waals surface area contributed by atoms with Crippen LogP contribution >= 0.6 is 0 Å². The first-order chi connectivity index (χ1) is 17.1. The quantitative estimate of drug-likeness (QED) is 0.307. The SMILES string of the molecule is NC(=O)c1ccc(CCCn2cc(CNC3CC3c3ccccc3)nn2)cc1-c1ccccc1N. The first kappa shape index (κ1) is 22.8. The minimum atomic E-state index is -0.458. The normalized spacial score (nSPS) is 16.8. The minimum Gasteiger partial charge on any atom is -0.398 e. The van der Waals surface area contributed by atoms with E-state index in [4.69, 9.17) is 11.5 Å². The number of nitrogens with two attached hydrogens (primary N) is 2. The third-order valence-corrected chi connectivity index (χ3v) is 6.60. The fraction of sp³-hybridized carbons (Fsp3) is 0.250. The molecule has 0 aliphatic heterocycles. The number of para-hydroxylation sites is 1. The summed E-state index contributed by atoms with van der Waals surface area (Å²) in [6, 6.07) is 24.4. The molecule has 1 aliphatic carbocycles. The van der Waals surface area contributed by atoms with Gasteiger partial charge >= 0.3 is 0 Å². The number of nitrogens with zero attached hydrogens (tertiary/aromatic N) is 3. The zero-order chi connectivity index (χ0) is 24.2. The van der Waals surface area contributed by atoms with Crippen molar-refractivity contribution in [2.24, 2.45) is 5.73 Å². The molecule has 1 saturated carbocycles. The summed E-state index contributed by atoms with van der Waals surface area (Å²) in [6.07, 6.45) is 4.92. The second-order valence-electron chi connectivity index (χ2n) is 9.15. The Morgan fingerprint density at radius 1 is 1.03 bits per heavy atom. The Bertz CT molecular complexity index is 1320. The molecular weight excluding hydrogens is 436 g/mol. The van der Waals surface area contributed by atoms with E-state index in [0.29, 0.717) is 23.2 Å². The number of rotatable bonds is 10. The number of benzene rings is 3. The number of anilines is 1. The number of hydrogen-bond acceptors (Lipinski definition) is 5. The van der Waals surface area contributed by atoms with Crippen molar-refractivity contribution in [2.45, 2.75) is 44.3 Å². The highest BCUT2D eigenvalue weighted by Gasteiger charge is 2.37. The summed E-state index contributed by atoms with van der Waals surface area (Å²) in [6.45, 7) is 1.49. The first-order valence-corrected chi connectivity index (χ1v) is 12.0. The zero-order valence-electron chi connectivity index (χ0n) is 19.6. The smallest absolute Gasteiger partial charge is 0.249 e. The molecule has 7 heteroatoms. The summed E-state index contributed by atoms with van der Waals surface area (Å²) in [7, 11) is 0. The standard InChI is InChI=1S/C28H30N6O/c29-26-11-5-4-10-22(26)25-15-19(12-13-23(25)28(30)35)7-6-14-34-18-21(32-33-34)17-31-27-16-24(27)20-8-2-1-3-9-20/h1-5,8-13,15,18,24,27,31H,6-7,14,16-17,29H2,(H2,30,35). The Labute approximate surface area is 205 Å². The maximum absolute atomic E-state index is 12.0. The Hall–Kier alpha value is -3.97. The van der Waals surface area contributed by atoms with E-state index in [1.54, 1.807) is 6.07 Å². The van der Waals surface area contributed by atoms with E-state index in [1.165, 1.54) is 12.0 Å². The molecule has 4 aromatic rings. The van der Waals surface area contributed by atoms with E-state index in [-0.39, 0.29) is 0 Å². The number of nitrogens with one attached hydrogen (secondary N) is 1. The third-order valence-electron chi connectivity index (χ3n) is 6.60. The van der Waals surface area contributed by atoms with Gasteiger partial charge in [0.15, 0.2) is 0 Å². The number of amides is 1. The van der Waals surface area contributed by atoms with Crippen LogP contribution in [0, 0.1) is 0 Å². The van der Waals surface area contributed by atoms with Gasteiger partial charge in [0.25, 0.3) is 0 Å². The van der Waals surface area contributed by atoms with Crippen LogP contribution < -0.4 is 16.8 Å². The van der Waals surface area contributed by atoms with Crippen LogP contribution in [0.15, 0.2) is 79.0 Å². The van der Waals surface area contributed by atoms with E-state index in [9.17, 15) is 4.79 Å². The summed E-state index contributed by atoms with van der Waals surface area (Å²) >= 11 is 0. The Kier molecular flexibility index (Phi) is 6.59. The van der Waals surface area contributed by atoms with Gasteiger partial charge in [-0.15, -0.1) is 5.10 Å². The maximum Gasteiger partial charge on any atom is 0.249 e. The fourth-order valence-electron chi connectivity index (χ4n) is 4.63. The number of carbonyl (C=O) groups is 1. The lowest BCUT2D eigenvalue weighted by atomic mass is 9.94. The molecule has 5 N–H and O–H groups in total. The molecule has 1 fully saturated rings. The lowest BCUT2D eigenvalue weighted by Crippen LogP contribution is -2.17. The van der Waals surface area contributed by atoms with Crippen LogP contribution in [0.4, 0.5) is 5.69 Å². The van der Waals surface area contributed by atoms with Gasteiger partial charge in [0.2, 0.25) is 5.91 Å². The van der Waals surface area contributed by atoms with Crippen molar-refractivity contribution in [3.63, 3.8) is 0 Å². The van der Waals surface area contributed by atoms with Gasteiger partial charge in [0.05, 0.1) is 5.69 Å². The predicted molar refractivity (Wildman–Crippen MR) is 138 cm³/mol. The van der Waals surface area contributed by atoms with Crippen LogP contribution in [-0.2, 0) is 19.5 Å². The van der Waals surface area contributed by atoms with Crippen LogP contribution in [0.5, 0.6) is 0 Å². The highest BCUT2D eigenvalue weighted by atomic mass is 16.1. The molecular formula is C28H30N6O. The molecule has 5 rings (SSSR count). The topological polar surface area (TPSA) is 112 Å². The third kappa shape index (κ3) is 5.41. The Morgan fingerprint density at radius 2 is 1.83 bits per heavy atom. The number of primary amides is 1. The van der Waals surface area contributed by atoms with E-state index in [1.807, 2.05) is 47.3 Å². The Morgan fingerprint density at radius 3 is 2.63 bits per heavy atom. The van der Waals surface area contributed by atoms with Gasteiger partial charge < -0.3 is 16.8 Å². The van der Waals surface area contributed by atoms with Crippen molar-refractivity contribution in [3.05, 3.63) is 101 Å². The molecule has 35 heavy (non-hydrogen) atoms. The highest BCUT2D eigenvalue weighted by molar-refractivity contribution is 6.01. The van der Waals surface area contributed by atoms with Crippen LogP contribution in [0.3, 0.4) is 0 Å². The first-order valence-electron chi connectivity index (χ1n) is 12.0. The van der Waals surface area contributed by atoms with Crippen LogP contribution in [0.2, 0.25) is 0 Å². The van der Waals surface area contributed by atoms with Gasteiger partial charge in [-0.3, -0.25) is 9.48 Å². The van der Waals surface area contributed by atoms with Crippen molar-refractivity contribution in [1.29, 1.82) is 0 Å². The monoisotopic (exact) mass is 466 g/mol. The van der Waals surface area contributed by atoms with Crippen LogP contribution in [0.1, 0.15) is 45.9 Å². The van der Waals surface area contributed by atoms with Gasteiger partial charge in [-0.25, -0.2) is 0 Å². The number of nitrogen functional groups attached to an aromatic ring is 1.